The first-order valence-corrected chi connectivity index (χ1v) is 11.5. The summed E-state index contributed by atoms with van der Waals surface area (Å²) in [6, 6.07) is 13.2. The lowest BCUT2D eigenvalue weighted by Crippen LogP contribution is -2.52. The lowest BCUT2D eigenvalue weighted by molar-refractivity contribution is -0.135. The molecule has 6 heteroatoms. The molecule has 2 heterocycles. The maximum Gasteiger partial charge on any atom is 0.251 e. The summed E-state index contributed by atoms with van der Waals surface area (Å²) in [5, 5.41) is 7.05. The van der Waals surface area contributed by atoms with Gasteiger partial charge in [-0.1, -0.05) is 37.6 Å². The largest absolute Gasteiger partial charge is 0.384 e. The number of fused-ring (bicyclic) bond motifs is 1. The van der Waals surface area contributed by atoms with E-state index in [0.29, 0.717) is 24.6 Å². The fraction of sp³-hybridized carbons (Fsp3) is 0.440. The molecule has 2 amide bonds. The Hall–Kier alpha value is -2.53. The normalized spacial score (nSPS) is 17.2. The van der Waals surface area contributed by atoms with Crippen molar-refractivity contribution in [2.24, 2.45) is 5.92 Å². The van der Waals surface area contributed by atoms with E-state index in [0.717, 1.165) is 42.1 Å². The molecule has 5 nitrogen and oxygen atoms in total. The quantitative estimate of drug-likeness (QED) is 0.722. The van der Waals surface area contributed by atoms with Crippen molar-refractivity contribution >= 4 is 29.1 Å². The van der Waals surface area contributed by atoms with Crippen LogP contribution in [0.25, 0.3) is 0 Å². The van der Waals surface area contributed by atoms with E-state index >= 15 is 0 Å². The molecule has 0 radical (unpaired) electrons. The summed E-state index contributed by atoms with van der Waals surface area (Å²) in [5.74, 6) is 0.286. The topological polar surface area (TPSA) is 61.4 Å². The van der Waals surface area contributed by atoms with E-state index in [-0.39, 0.29) is 17.7 Å². The van der Waals surface area contributed by atoms with E-state index in [1.165, 1.54) is 5.56 Å². The number of hydrogen-bond acceptors (Lipinski definition) is 3. The Balaban J connectivity index is 1.38. The molecule has 0 saturated carbocycles. The Bertz CT molecular complexity index is 950. The maximum absolute atomic E-state index is 13.3. The third-order valence-corrected chi connectivity index (χ3v) is 6.70. The van der Waals surface area contributed by atoms with Crippen molar-refractivity contribution < 1.29 is 9.59 Å². The number of anilines is 1. The summed E-state index contributed by atoms with van der Waals surface area (Å²) >= 11 is 6.00. The van der Waals surface area contributed by atoms with Crippen molar-refractivity contribution in [3.8, 4) is 0 Å². The molecule has 0 aliphatic carbocycles. The highest BCUT2D eigenvalue weighted by Crippen LogP contribution is 2.29. The highest BCUT2D eigenvalue weighted by molar-refractivity contribution is 6.30. The average Bonchev–Trinajstić information content (AvgIpc) is 3.25. The number of rotatable bonds is 5. The molecule has 4 rings (SSSR count). The lowest BCUT2D eigenvalue weighted by atomic mass is 9.89. The summed E-state index contributed by atoms with van der Waals surface area (Å²) in [6.45, 7) is 6.27. The molecule has 1 atom stereocenters. The predicted molar refractivity (Wildman–Crippen MR) is 125 cm³/mol. The van der Waals surface area contributed by atoms with Crippen molar-refractivity contribution in [1.82, 2.24) is 10.2 Å². The Kier molecular flexibility index (Phi) is 6.51. The van der Waals surface area contributed by atoms with Crippen LogP contribution in [0.15, 0.2) is 42.5 Å². The van der Waals surface area contributed by atoms with Gasteiger partial charge < -0.3 is 15.5 Å². The second kappa shape index (κ2) is 9.31. The molecular formula is C25H30ClN3O2. The van der Waals surface area contributed by atoms with Gasteiger partial charge in [0.25, 0.3) is 5.91 Å². The maximum atomic E-state index is 13.3. The third-order valence-electron chi connectivity index (χ3n) is 6.44. The minimum atomic E-state index is -0.522. The van der Waals surface area contributed by atoms with Gasteiger partial charge in [-0.3, -0.25) is 9.59 Å². The van der Waals surface area contributed by atoms with E-state index in [4.69, 9.17) is 11.6 Å². The van der Waals surface area contributed by atoms with E-state index in [2.05, 4.69) is 22.8 Å². The van der Waals surface area contributed by atoms with Crippen LogP contribution in [0.5, 0.6) is 0 Å². The first-order chi connectivity index (χ1) is 14.9. The van der Waals surface area contributed by atoms with Crippen LogP contribution in [-0.2, 0) is 11.2 Å². The van der Waals surface area contributed by atoms with Crippen LogP contribution < -0.4 is 10.6 Å². The fourth-order valence-electron chi connectivity index (χ4n) is 4.55. The summed E-state index contributed by atoms with van der Waals surface area (Å²) in [4.78, 5) is 28.1. The van der Waals surface area contributed by atoms with Gasteiger partial charge in [-0.15, -0.1) is 0 Å². The zero-order chi connectivity index (χ0) is 22.0. The average molecular weight is 440 g/mol. The highest BCUT2D eigenvalue weighted by Gasteiger charge is 2.32. The van der Waals surface area contributed by atoms with Crippen molar-refractivity contribution in [3.05, 3.63) is 64.2 Å². The molecule has 2 aromatic rings. The Morgan fingerprint density at radius 1 is 1.10 bits per heavy atom. The van der Waals surface area contributed by atoms with E-state index in [1.807, 2.05) is 49.1 Å². The van der Waals surface area contributed by atoms with Crippen molar-refractivity contribution in [2.75, 3.05) is 25.0 Å². The number of benzene rings is 2. The van der Waals surface area contributed by atoms with Crippen LogP contribution in [0, 0.1) is 5.92 Å². The van der Waals surface area contributed by atoms with Crippen LogP contribution in [0.4, 0.5) is 5.69 Å². The van der Waals surface area contributed by atoms with E-state index in [1.54, 1.807) is 0 Å². The number of carbonyl (C=O) groups excluding carboxylic acids is 2. The van der Waals surface area contributed by atoms with Gasteiger partial charge in [-0.25, -0.2) is 0 Å². The molecule has 2 aliphatic rings. The highest BCUT2D eigenvalue weighted by atomic mass is 35.5. The number of nitrogens with zero attached hydrogens (tertiary/aromatic N) is 1. The number of nitrogens with one attached hydrogen (secondary N) is 2. The first-order valence-electron chi connectivity index (χ1n) is 11.1. The van der Waals surface area contributed by atoms with Gasteiger partial charge in [0.1, 0.15) is 6.04 Å². The van der Waals surface area contributed by atoms with E-state index in [9.17, 15) is 9.59 Å². The third kappa shape index (κ3) is 4.87. The predicted octanol–water partition coefficient (Wildman–Crippen LogP) is 4.47. The molecule has 1 saturated heterocycles. The van der Waals surface area contributed by atoms with Gasteiger partial charge in [0.05, 0.1) is 0 Å². The number of carbonyl (C=O) groups is 2. The number of halogens is 1. The summed E-state index contributed by atoms with van der Waals surface area (Å²) in [7, 11) is 0. The number of amides is 2. The molecular weight excluding hydrogens is 410 g/mol. The van der Waals surface area contributed by atoms with Gasteiger partial charge in [0.15, 0.2) is 0 Å². The summed E-state index contributed by atoms with van der Waals surface area (Å²) in [6.07, 6.45) is 2.76. The van der Waals surface area contributed by atoms with Crippen LogP contribution in [0.2, 0.25) is 5.02 Å². The molecule has 2 N–H and O–H groups in total. The Labute approximate surface area is 189 Å². The fourth-order valence-corrected chi connectivity index (χ4v) is 4.68. The van der Waals surface area contributed by atoms with Gasteiger partial charge in [-0.2, -0.15) is 0 Å². The first kappa shape index (κ1) is 21.7. The molecule has 2 aliphatic heterocycles. The van der Waals surface area contributed by atoms with Crippen molar-refractivity contribution in [3.63, 3.8) is 0 Å². The smallest absolute Gasteiger partial charge is 0.251 e. The summed E-state index contributed by atoms with van der Waals surface area (Å²) < 4.78 is 0. The van der Waals surface area contributed by atoms with Crippen LogP contribution >= 0.6 is 11.6 Å². The number of hydrogen-bond donors (Lipinski definition) is 2. The standard InChI is InChI=1S/C25H30ClN3O2/c1-16(2)23(28-24(30)20-5-8-22-19(15-20)9-12-27-22)25(31)29-13-10-18(11-14-29)17-3-6-21(26)7-4-17/h3-8,15-16,18,23,27H,9-14H2,1-2H3,(H,28,30)/t23-/m1/s1. The molecule has 2 aromatic carbocycles. The lowest BCUT2D eigenvalue weighted by Gasteiger charge is -2.35. The summed E-state index contributed by atoms with van der Waals surface area (Å²) in [5.41, 5.74) is 4.14. The molecule has 164 valence electrons. The Morgan fingerprint density at radius 3 is 2.48 bits per heavy atom. The van der Waals surface area contributed by atoms with Crippen molar-refractivity contribution in [2.45, 2.75) is 45.1 Å². The second-order valence-electron chi connectivity index (χ2n) is 8.89. The molecule has 0 spiro atoms. The van der Waals surface area contributed by atoms with Crippen LogP contribution in [0.3, 0.4) is 0 Å². The molecule has 31 heavy (non-hydrogen) atoms. The SMILES string of the molecule is CC(C)[C@@H](NC(=O)c1ccc2c(c1)CCN2)C(=O)N1CCC(c2ccc(Cl)cc2)CC1. The number of piperidine rings is 1. The zero-order valence-corrected chi connectivity index (χ0v) is 18.9. The molecule has 0 bridgehead atoms. The Morgan fingerprint density at radius 2 is 1.81 bits per heavy atom. The minimum Gasteiger partial charge on any atom is -0.384 e. The zero-order valence-electron chi connectivity index (χ0n) is 18.2. The minimum absolute atomic E-state index is 0.0146. The molecule has 1 fully saturated rings. The van der Waals surface area contributed by atoms with Crippen LogP contribution in [-0.4, -0.2) is 42.4 Å². The number of likely N-dealkylation sites (tertiary alicyclic amines) is 1. The van der Waals surface area contributed by atoms with E-state index < -0.39 is 6.04 Å². The van der Waals surface area contributed by atoms with Gasteiger partial charge in [0.2, 0.25) is 5.91 Å². The van der Waals surface area contributed by atoms with Crippen LogP contribution in [0.1, 0.15) is 54.1 Å². The monoisotopic (exact) mass is 439 g/mol. The van der Waals surface area contributed by atoms with Crippen molar-refractivity contribution in [1.29, 1.82) is 0 Å². The van der Waals surface area contributed by atoms with Gasteiger partial charge in [-0.05, 0) is 72.6 Å². The molecule has 0 unspecified atom stereocenters. The second-order valence-corrected chi connectivity index (χ2v) is 9.33. The molecule has 0 aromatic heterocycles. The van der Waals surface area contributed by atoms with Gasteiger partial charge in [0, 0.05) is 35.9 Å². The van der Waals surface area contributed by atoms with Gasteiger partial charge >= 0.3 is 0 Å².